The maximum atomic E-state index is 13.7. The van der Waals surface area contributed by atoms with Gasteiger partial charge in [0, 0.05) is 12.1 Å². The molecular weight excluding hydrogens is 201 g/mol. The topological polar surface area (TPSA) is 26.0 Å². The second kappa shape index (κ2) is 4.45. The molecule has 16 heavy (non-hydrogen) atoms. The molecule has 0 bridgehead atoms. The first-order valence-electron chi connectivity index (χ1n) is 5.27. The van der Waals surface area contributed by atoms with Crippen LogP contribution < -0.4 is 5.73 Å². The van der Waals surface area contributed by atoms with Crippen LogP contribution in [0.5, 0.6) is 0 Å². The molecule has 0 spiro atoms. The normalized spacial score (nSPS) is 10.4. The lowest BCUT2D eigenvalue weighted by Gasteiger charge is -2.09. The number of hydrogen-bond acceptors (Lipinski definition) is 1. The third-order valence-corrected chi connectivity index (χ3v) is 2.70. The Kier molecular flexibility index (Phi) is 3.02. The molecule has 0 saturated carbocycles. The predicted molar refractivity (Wildman–Crippen MR) is 64.5 cm³/mol. The molecule has 0 saturated heterocycles. The zero-order valence-corrected chi connectivity index (χ0v) is 9.20. The summed E-state index contributed by atoms with van der Waals surface area (Å²) in [5, 5.41) is 0. The molecule has 82 valence electrons. The van der Waals surface area contributed by atoms with Crippen molar-refractivity contribution in [2.45, 2.75) is 13.5 Å². The number of aryl methyl sites for hydroxylation is 1. The lowest BCUT2D eigenvalue weighted by atomic mass is 9.98. The lowest BCUT2D eigenvalue weighted by Crippen LogP contribution is -1.97. The van der Waals surface area contributed by atoms with E-state index in [1.54, 1.807) is 12.1 Å². The van der Waals surface area contributed by atoms with Gasteiger partial charge < -0.3 is 5.73 Å². The summed E-state index contributed by atoms with van der Waals surface area (Å²) in [6.45, 7) is 2.45. The number of hydrogen-bond donors (Lipinski definition) is 1. The van der Waals surface area contributed by atoms with Crippen molar-refractivity contribution in [1.29, 1.82) is 0 Å². The number of benzene rings is 2. The van der Waals surface area contributed by atoms with Gasteiger partial charge in [-0.1, -0.05) is 30.3 Å². The van der Waals surface area contributed by atoms with Crippen LogP contribution in [0.15, 0.2) is 42.5 Å². The summed E-state index contributed by atoms with van der Waals surface area (Å²) in [5.74, 6) is -0.195. The molecule has 2 rings (SSSR count). The summed E-state index contributed by atoms with van der Waals surface area (Å²) in [4.78, 5) is 0. The zero-order chi connectivity index (χ0) is 11.5. The fourth-order valence-corrected chi connectivity index (χ4v) is 1.77. The Labute approximate surface area is 94.7 Å². The molecule has 2 heteroatoms. The van der Waals surface area contributed by atoms with Crippen molar-refractivity contribution in [2.75, 3.05) is 0 Å². The van der Waals surface area contributed by atoms with Crippen LogP contribution in [0, 0.1) is 12.7 Å². The van der Waals surface area contributed by atoms with Gasteiger partial charge >= 0.3 is 0 Å². The van der Waals surface area contributed by atoms with Gasteiger partial charge in [-0.2, -0.15) is 0 Å². The second-order valence-electron chi connectivity index (χ2n) is 3.83. The smallest absolute Gasteiger partial charge is 0.131 e. The van der Waals surface area contributed by atoms with E-state index in [4.69, 9.17) is 5.73 Å². The molecule has 2 aromatic rings. The van der Waals surface area contributed by atoms with Gasteiger partial charge in [0.05, 0.1) is 0 Å². The van der Waals surface area contributed by atoms with Crippen LogP contribution in [0.1, 0.15) is 11.1 Å². The Morgan fingerprint density at radius 3 is 2.50 bits per heavy atom. The first kappa shape index (κ1) is 10.8. The van der Waals surface area contributed by atoms with Gasteiger partial charge in [0.1, 0.15) is 5.82 Å². The van der Waals surface area contributed by atoms with Crippen molar-refractivity contribution >= 4 is 0 Å². The van der Waals surface area contributed by atoms with Gasteiger partial charge in [0.25, 0.3) is 0 Å². The first-order valence-corrected chi connectivity index (χ1v) is 5.27. The maximum absolute atomic E-state index is 13.7. The van der Waals surface area contributed by atoms with Crippen molar-refractivity contribution < 1.29 is 4.39 Å². The fraction of sp³-hybridized carbons (Fsp3) is 0.143. The Bertz CT molecular complexity index is 506. The molecule has 1 nitrogen and oxygen atoms in total. The predicted octanol–water partition coefficient (Wildman–Crippen LogP) is 3.26. The van der Waals surface area contributed by atoms with Crippen molar-refractivity contribution in [3.8, 4) is 11.1 Å². The van der Waals surface area contributed by atoms with E-state index >= 15 is 0 Å². The van der Waals surface area contributed by atoms with Crippen LogP contribution in [0.2, 0.25) is 0 Å². The highest BCUT2D eigenvalue weighted by atomic mass is 19.1. The minimum Gasteiger partial charge on any atom is -0.326 e. The molecule has 0 aromatic heterocycles. The zero-order valence-electron chi connectivity index (χ0n) is 9.20. The highest BCUT2D eigenvalue weighted by Gasteiger charge is 2.07. The van der Waals surface area contributed by atoms with Crippen LogP contribution in [0.3, 0.4) is 0 Å². The molecule has 0 aliphatic rings. The first-order chi connectivity index (χ1) is 7.72. The molecule has 0 unspecified atom stereocenters. The van der Waals surface area contributed by atoms with Crippen molar-refractivity contribution in [2.24, 2.45) is 5.73 Å². The monoisotopic (exact) mass is 215 g/mol. The third-order valence-electron chi connectivity index (χ3n) is 2.70. The number of nitrogens with two attached hydrogens (primary N) is 1. The van der Waals surface area contributed by atoms with Crippen molar-refractivity contribution in [1.82, 2.24) is 0 Å². The molecular formula is C14H14FN. The van der Waals surface area contributed by atoms with Gasteiger partial charge in [0.2, 0.25) is 0 Å². The second-order valence-corrected chi connectivity index (χ2v) is 3.83. The standard InChI is InChI=1S/C14H14FN/c1-10-6-7-11(9-16)8-13(10)12-4-2-3-5-14(12)15/h2-8H,9,16H2,1H3. The summed E-state index contributed by atoms with van der Waals surface area (Å²) < 4.78 is 13.7. The van der Waals surface area contributed by atoms with Gasteiger partial charge in [-0.3, -0.25) is 0 Å². The molecule has 0 aliphatic carbocycles. The Morgan fingerprint density at radius 1 is 1.06 bits per heavy atom. The van der Waals surface area contributed by atoms with Gasteiger partial charge in [-0.05, 0) is 35.7 Å². The highest BCUT2D eigenvalue weighted by Crippen LogP contribution is 2.26. The highest BCUT2D eigenvalue weighted by molar-refractivity contribution is 5.68. The van der Waals surface area contributed by atoms with E-state index in [-0.39, 0.29) is 5.82 Å². The van der Waals surface area contributed by atoms with Gasteiger partial charge in [-0.15, -0.1) is 0 Å². The molecule has 0 aliphatic heterocycles. The van der Waals surface area contributed by atoms with E-state index in [0.717, 1.165) is 16.7 Å². The van der Waals surface area contributed by atoms with Crippen LogP contribution in [0.4, 0.5) is 4.39 Å². The molecule has 2 N–H and O–H groups in total. The Balaban J connectivity index is 2.59. The largest absolute Gasteiger partial charge is 0.326 e. The van der Waals surface area contributed by atoms with Crippen molar-refractivity contribution in [3.63, 3.8) is 0 Å². The Morgan fingerprint density at radius 2 is 1.81 bits per heavy atom. The molecule has 0 fully saturated rings. The van der Waals surface area contributed by atoms with Crippen LogP contribution in [-0.4, -0.2) is 0 Å². The molecule has 0 atom stereocenters. The van der Waals surface area contributed by atoms with Gasteiger partial charge in [0.15, 0.2) is 0 Å². The fourth-order valence-electron chi connectivity index (χ4n) is 1.77. The van der Waals surface area contributed by atoms with Crippen LogP contribution >= 0.6 is 0 Å². The van der Waals surface area contributed by atoms with E-state index in [1.165, 1.54) is 6.07 Å². The maximum Gasteiger partial charge on any atom is 0.131 e. The number of rotatable bonds is 2. The van der Waals surface area contributed by atoms with Crippen LogP contribution in [-0.2, 0) is 6.54 Å². The quantitative estimate of drug-likeness (QED) is 0.817. The summed E-state index contributed by atoms with van der Waals surface area (Å²) in [7, 11) is 0. The number of halogens is 1. The molecule has 0 amide bonds. The average Bonchev–Trinajstić information content (AvgIpc) is 2.31. The van der Waals surface area contributed by atoms with Crippen molar-refractivity contribution in [3.05, 3.63) is 59.4 Å². The molecule has 0 radical (unpaired) electrons. The molecule has 2 aromatic carbocycles. The summed E-state index contributed by atoms with van der Waals surface area (Å²) in [5.41, 5.74) is 9.22. The van der Waals surface area contributed by atoms with E-state index in [9.17, 15) is 4.39 Å². The summed E-state index contributed by atoms with van der Waals surface area (Å²) >= 11 is 0. The minimum absolute atomic E-state index is 0.195. The van der Waals surface area contributed by atoms with Gasteiger partial charge in [-0.25, -0.2) is 4.39 Å². The van der Waals surface area contributed by atoms with Crippen LogP contribution in [0.25, 0.3) is 11.1 Å². The summed E-state index contributed by atoms with van der Waals surface area (Å²) in [6, 6.07) is 12.7. The van der Waals surface area contributed by atoms with E-state index < -0.39 is 0 Å². The average molecular weight is 215 g/mol. The third kappa shape index (κ3) is 1.97. The SMILES string of the molecule is Cc1ccc(CN)cc1-c1ccccc1F. The lowest BCUT2D eigenvalue weighted by molar-refractivity contribution is 0.631. The minimum atomic E-state index is -0.195. The summed E-state index contributed by atoms with van der Waals surface area (Å²) in [6.07, 6.45) is 0. The Hall–Kier alpha value is -1.67. The van der Waals surface area contributed by atoms with E-state index in [2.05, 4.69) is 0 Å². The molecule has 0 heterocycles. The van der Waals surface area contributed by atoms with E-state index in [1.807, 2.05) is 31.2 Å². The van der Waals surface area contributed by atoms with E-state index in [0.29, 0.717) is 12.1 Å².